The number of hydrogen-bond donors (Lipinski definition) is 2. The number of halogens is 2. The van der Waals surface area contributed by atoms with Crippen LogP contribution in [0, 0.1) is 25.5 Å². The Balaban J connectivity index is 1.63. The number of rotatable bonds is 6. The van der Waals surface area contributed by atoms with Crippen LogP contribution in [-0.4, -0.2) is 36.3 Å². The molecule has 0 saturated carbocycles. The summed E-state index contributed by atoms with van der Waals surface area (Å²) >= 11 is 1.08. The maximum Gasteiger partial charge on any atom is 0.271 e. The minimum Gasteiger partial charge on any atom is -0.349 e. The molecule has 1 atom stereocenters. The average Bonchev–Trinajstić information content (AvgIpc) is 3.14. The summed E-state index contributed by atoms with van der Waals surface area (Å²) in [6, 6.07) is 4.50. The lowest BCUT2D eigenvalue weighted by Gasteiger charge is -2.15. The summed E-state index contributed by atoms with van der Waals surface area (Å²) < 4.78 is 29.6. The monoisotopic (exact) mass is 407 g/mol. The number of nitrogen functional groups attached to an aromatic ring is 1. The number of nitrogens with one attached hydrogen (secondary N) is 1. The summed E-state index contributed by atoms with van der Waals surface area (Å²) in [5.74, 6) is 4.62. The number of thioether (sulfide) groups is 1. The molecule has 0 saturated heterocycles. The molecule has 2 aromatic heterocycles. The molecule has 11 heteroatoms. The zero-order chi connectivity index (χ0) is 20.4. The largest absolute Gasteiger partial charge is 0.349 e. The fourth-order valence-corrected chi connectivity index (χ4v) is 3.35. The molecule has 2 heterocycles. The lowest BCUT2D eigenvalue weighted by atomic mass is 10.1. The summed E-state index contributed by atoms with van der Waals surface area (Å²) in [7, 11) is 0. The Hall–Kier alpha value is -2.95. The first-order valence-corrected chi connectivity index (χ1v) is 9.36. The van der Waals surface area contributed by atoms with E-state index < -0.39 is 17.7 Å². The van der Waals surface area contributed by atoms with Gasteiger partial charge in [-0.25, -0.2) is 18.1 Å². The predicted molar refractivity (Wildman–Crippen MR) is 100 cm³/mol. The molecule has 0 aliphatic carbocycles. The zero-order valence-electron chi connectivity index (χ0n) is 15.5. The second kappa shape index (κ2) is 7.97. The van der Waals surface area contributed by atoms with E-state index >= 15 is 0 Å². The van der Waals surface area contributed by atoms with Gasteiger partial charge < -0.3 is 11.2 Å². The molecule has 0 aliphatic heterocycles. The van der Waals surface area contributed by atoms with Crippen LogP contribution >= 0.6 is 11.8 Å². The smallest absolute Gasteiger partial charge is 0.271 e. The Labute approximate surface area is 164 Å². The van der Waals surface area contributed by atoms with Gasteiger partial charge in [0.1, 0.15) is 11.6 Å². The van der Waals surface area contributed by atoms with Crippen LogP contribution in [0.1, 0.15) is 29.9 Å². The van der Waals surface area contributed by atoms with Crippen LogP contribution in [0.25, 0.3) is 5.95 Å². The highest BCUT2D eigenvalue weighted by atomic mass is 32.2. The zero-order valence-corrected chi connectivity index (χ0v) is 16.3. The number of carbonyl (C=O) groups excluding carboxylic acids is 1. The predicted octanol–water partition coefficient (Wildman–Crippen LogP) is 2.04. The summed E-state index contributed by atoms with van der Waals surface area (Å²) in [6.07, 6.45) is 0. The van der Waals surface area contributed by atoms with Crippen LogP contribution in [0.4, 0.5) is 8.78 Å². The molecule has 28 heavy (non-hydrogen) atoms. The van der Waals surface area contributed by atoms with Crippen molar-refractivity contribution in [2.24, 2.45) is 0 Å². The summed E-state index contributed by atoms with van der Waals surface area (Å²) in [5.41, 5.74) is 1.87. The molecule has 3 N–H and O–H groups in total. The maximum absolute atomic E-state index is 13.8. The standard InChI is InChI=1S/C17H19F2N7OS/c1-9-6-10(2)26(24-9)16-22-23-17(25(16)20)28-8-15(27)21-11(3)13-5-4-12(18)7-14(13)19/h4-7,11H,8,20H2,1-3H3,(H,21,27)/t11-/m0/s1. The number of aryl methyl sites for hydroxylation is 2. The fourth-order valence-electron chi connectivity index (χ4n) is 2.69. The topological polar surface area (TPSA) is 104 Å². The first-order chi connectivity index (χ1) is 13.3. The molecule has 0 unspecified atom stereocenters. The van der Waals surface area contributed by atoms with Crippen LogP contribution in [0.2, 0.25) is 0 Å². The lowest BCUT2D eigenvalue weighted by molar-refractivity contribution is -0.119. The molecular formula is C17H19F2N7OS. The molecule has 3 aromatic rings. The molecule has 1 amide bonds. The Morgan fingerprint density at radius 2 is 2.04 bits per heavy atom. The number of carbonyl (C=O) groups is 1. The van der Waals surface area contributed by atoms with Crippen molar-refractivity contribution >= 4 is 17.7 Å². The SMILES string of the molecule is Cc1cc(C)n(-c2nnc(SCC(=O)N[C@@H](C)c3ccc(F)cc3F)n2N)n1. The molecule has 0 aliphatic rings. The average molecular weight is 407 g/mol. The van der Waals surface area contributed by atoms with E-state index in [1.54, 1.807) is 11.6 Å². The Morgan fingerprint density at radius 1 is 1.29 bits per heavy atom. The normalized spacial score (nSPS) is 12.2. The minimum absolute atomic E-state index is 0.000393. The molecule has 0 radical (unpaired) electrons. The van der Waals surface area contributed by atoms with Crippen molar-refractivity contribution < 1.29 is 13.6 Å². The van der Waals surface area contributed by atoms with Gasteiger partial charge in [0.2, 0.25) is 11.1 Å². The number of aromatic nitrogens is 5. The van der Waals surface area contributed by atoms with Gasteiger partial charge in [-0.1, -0.05) is 17.8 Å². The van der Waals surface area contributed by atoms with Crippen molar-refractivity contribution in [2.75, 3.05) is 11.6 Å². The minimum atomic E-state index is -0.711. The highest BCUT2D eigenvalue weighted by Gasteiger charge is 2.18. The second-order valence-electron chi connectivity index (χ2n) is 6.24. The van der Waals surface area contributed by atoms with E-state index in [2.05, 4.69) is 20.6 Å². The van der Waals surface area contributed by atoms with Gasteiger partial charge in [-0.3, -0.25) is 4.79 Å². The quantitative estimate of drug-likeness (QED) is 0.479. The van der Waals surface area contributed by atoms with Crippen LogP contribution in [0.3, 0.4) is 0 Å². The fraction of sp³-hybridized carbons (Fsp3) is 0.294. The number of nitrogens with two attached hydrogens (primary N) is 1. The Kier molecular flexibility index (Phi) is 5.63. The van der Waals surface area contributed by atoms with Gasteiger partial charge >= 0.3 is 0 Å². The molecule has 0 fully saturated rings. The first kappa shape index (κ1) is 19.8. The van der Waals surface area contributed by atoms with Gasteiger partial charge in [0.15, 0.2) is 0 Å². The maximum atomic E-state index is 13.8. The van der Waals surface area contributed by atoms with Crippen LogP contribution in [0.15, 0.2) is 29.4 Å². The van der Waals surface area contributed by atoms with Gasteiger partial charge in [0.05, 0.1) is 17.5 Å². The van der Waals surface area contributed by atoms with E-state index in [4.69, 9.17) is 5.84 Å². The van der Waals surface area contributed by atoms with Gasteiger partial charge in [0, 0.05) is 17.3 Å². The number of amides is 1. The molecule has 8 nitrogen and oxygen atoms in total. The van der Waals surface area contributed by atoms with Crippen molar-refractivity contribution in [2.45, 2.75) is 32.0 Å². The third-order valence-corrected chi connectivity index (χ3v) is 4.93. The molecule has 3 rings (SSSR count). The van der Waals surface area contributed by atoms with Crippen LogP contribution in [-0.2, 0) is 4.79 Å². The van der Waals surface area contributed by atoms with E-state index in [1.807, 2.05) is 19.9 Å². The van der Waals surface area contributed by atoms with Crippen molar-refractivity contribution in [1.82, 2.24) is 30.0 Å². The van der Waals surface area contributed by atoms with E-state index in [0.29, 0.717) is 11.1 Å². The van der Waals surface area contributed by atoms with Gasteiger partial charge in [-0.15, -0.1) is 10.2 Å². The molecule has 1 aromatic carbocycles. The molecular weight excluding hydrogens is 388 g/mol. The van der Waals surface area contributed by atoms with Crippen LogP contribution in [0.5, 0.6) is 0 Å². The number of nitrogens with zero attached hydrogens (tertiary/aromatic N) is 5. The molecule has 0 bridgehead atoms. The number of benzene rings is 1. The third-order valence-electron chi connectivity index (χ3n) is 3.98. The van der Waals surface area contributed by atoms with Crippen LogP contribution < -0.4 is 11.2 Å². The Morgan fingerprint density at radius 3 is 2.68 bits per heavy atom. The highest BCUT2D eigenvalue weighted by Crippen LogP contribution is 2.20. The van der Waals surface area contributed by atoms with E-state index in [-0.39, 0.29) is 17.2 Å². The highest BCUT2D eigenvalue weighted by molar-refractivity contribution is 7.99. The second-order valence-corrected chi connectivity index (χ2v) is 7.18. The van der Waals surface area contributed by atoms with E-state index in [1.165, 1.54) is 10.7 Å². The Bertz CT molecular complexity index is 1020. The summed E-state index contributed by atoms with van der Waals surface area (Å²) in [5, 5.41) is 15.3. The van der Waals surface area contributed by atoms with Gasteiger partial charge in [0.25, 0.3) is 5.95 Å². The van der Waals surface area contributed by atoms with Crippen molar-refractivity contribution in [1.29, 1.82) is 0 Å². The summed E-state index contributed by atoms with van der Waals surface area (Å²) in [4.78, 5) is 12.2. The van der Waals surface area contributed by atoms with Gasteiger partial charge in [-0.2, -0.15) is 5.10 Å². The third kappa shape index (κ3) is 4.14. The first-order valence-electron chi connectivity index (χ1n) is 8.37. The van der Waals surface area contributed by atoms with Crippen molar-refractivity contribution in [3.63, 3.8) is 0 Å². The molecule has 0 spiro atoms. The number of hydrogen-bond acceptors (Lipinski definition) is 6. The van der Waals surface area contributed by atoms with Crippen molar-refractivity contribution in [3.05, 3.63) is 52.9 Å². The van der Waals surface area contributed by atoms with Gasteiger partial charge in [-0.05, 0) is 32.9 Å². The van der Waals surface area contributed by atoms with Crippen molar-refractivity contribution in [3.8, 4) is 5.95 Å². The molecule has 148 valence electrons. The van der Waals surface area contributed by atoms with E-state index in [0.717, 1.165) is 35.3 Å². The lowest BCUT2D eigenvalue weighted by Crippen LogP contribution is -2.29. The summed E-state index contributed by atoms with van der Waals surface area (Å²) in [6.45, 7) is 5.34. The van der Waals surface area contributed by atoms with E-state index in [9.17, 15) is 13.6 Å².